The van der Waals surface area contributed by atoms with Gasteiger partial charge in [0.1, 0.15) is 5.65 Å². The van der Waals surface area contributed by atoms with Crippen molar-refractivity contribution in [1.29, 1.82) is 0 Å². The van der Waals surface area contributed by atoms with Crippen LogP contribution in [0.25, 0.3) is 22.3 Å². The summed E-state index contributed by atoms with van der Waals surface area (Å²) in [7, 11) is 0. The number of piperidine rings is 1. The van der Waals surface area contributed by atoms with Crippen LogP contribution in [0, 0.1) is 5.95 Å². The third-order valence-corrected chi connectivity index (χ3v) is 4.63. The number of nitrogens with one attached hydrogen (secondary N) is 2. The highest BCUT2D eigenvalue weighted by molar-refractivity contribution is 6.34. The molecular formula is C17H16ClFN4. The van der Waals surface area contributed by atoms with Crippen LogP contribution in [-0.2, 0) is 0 Å². The van der Waals surface area contributed by atoms with Gasteiger partial charge in [-0.05, 0) is 37.6 Å². The normalized spacial score (nSPS) is 18.4. The van der Waals surface area contributed by atoms with Gasteiger partial charge in [-0.2, -0.15) is 4.39 Å². The van der Waals surface area contributed by atoms with E-state index >= 15 is 0 Å². The first-order valence-corrected chi connectivity index (χ1v) is 8.11. The van der Waals surface area contributed by atoms with E-state index in [1.165, 1.54) is 6.07 Å². The molecule has 118 valence electrons. The fourth-order valence-corrected chi connectivity index (χ4v) is 3.46. The lowest BCUT2D eigenvalue weighted by atomic mass is 9.96. The van der Waals surface area contributed by atoms with Gasteiger partial charge in [0.2, 0.25) is 5.95 Å². The summed E-state index contributed by atoms with van der Waals surface area (Å²) in [6.45, 7) is 2.02. The van der Waals surface area contributed by atoms with Crippen LogP contribution >= 0.6 is 11.6 Å². The number of hydrogen-bond acceptors (Lipinski definition) is 3. The highest BCUT2D eigenvalue weighted by Crippen LogP contribution is 2.35. The fourth-order valence-electron chi connectivity index (χ4n) is 3.22. The van der Waals surface area contributed by atoms with Crippen molar-refractivity contribution < 1.29 is 4.39 Å². The van der Waals surface area contributed by atoms with Crippen molar-refractivity contribution in [2.45, 2.75) is 18.8 Å². The van der Waals surface area contributed by atoms with Crippen molar-refractivity contribution >= 4 is 22.6 Å². The molecule has 4 heterocycles. The van der Waals surface area contributed by atoms with Crippen molar-refractivity contribution in [1.82, 2.24) is 20.3 Å². The Balaban J connectivity index is 1.86. The lowest BCUT2D eigenvalue weighted by Crippen LogP contribution is -2.28. The molecule has 1 aliphatic heterocycles. The molecule has 23 heavy (non-hydrogen) atoms. The van der Waals surface area contributed by atoms with E-state index in [0.717, 1.165) is 48.2 Å². The van der Waals surface area contributed by atoms with Crippen molar-refractivity contribution in [2.24, 2.45) is 0 Å². The van der Waals surface area contributed by atoms with Crippen LogP contribution in [0.15, 0.2) is 30.5 Å². The summed E-state index contributed by atoms with van der Waals surface area (Å²) >= 11 is 6.33. The van der Waals surface area contributed by atoms with Gasteiger partial charge in [-0.25, -0.2) is 9.97 Å². The Morgan fingerprint density at radius 1 is 1.30 bits per heavy atom. The molecule has 0 unspecified atom stereocenters. The van der Waals surface area contributed by atoms with Crippen LogP contribution in [0.1, 0.15) is 24.5 Å². The molecule has 0 spiro atoms. The number of rotatable bonds is 2. The molecule has 1 aliphatic rings. The molecule has 0 amide bonds. The van der Waals surface area contributed by atoms with Gasteiger partial charge in [0.25, 0.3) is 0 Å². The minimum absolute atomic E-state index is 0.435. The van der Waals surface area contributed by atoms with E-state index in [0.29, 0.717) is 16.6 Å². The number of aromatic amines is 1. The third kappa shape index (κ3) is 2.71. The number of fused-ring (bicyclic) bond motifs is 1. The van der Waals surface area contributed by atoms with E-state index in [4.69, 9.17) is 11.6 Å². The zero-order valence-corrected chi connectivity index (χ0v) is 13.2. The molecule has 3 aromatic rings. The van der Waals surface area contributed by atoms with E-state index in [1.54, 1.807) is 18.3 Å². The predicted molar refractivity (Wildman–Crippen MR) is 89.1 cm³/mol. The second kappa shape index (κ2) is 5.91. The maximum absolute atomic E-state index is 13.5. The van der Waals surface area contributed by atoms with Crippen molar-refractivity contribution in [3.63, 3.8) is 0 Å². The van der Waals surface area contributed by atoms with Gasteiger partial charge in [-0.3, -0.25) is 0 Å². The molecule has 0 aliphatic carbocycles. The predicted octanol–water partition coefficient (Wildman–Crippen LogP) is 3.88. The summed E-state index contributed by atoms with van der Waals surface area (Å²) in [4.78, 5) is 11.7. The van der Waals surface area contributed by atoms with Crippen molar-refractivity contribution in [3.05, 3.63) is 47.1 Å². The first-order valence-electron chi connectivity index (χ1n) is 7.73. The van der Waals surface area contributed by atoms with Crippen molar-refractivity contribution in [3.8, 4) is 11.3 Å². The number of nitrogens with zero attached hydrogens (tertiary/aromatic N) is 2. The molecule has 0 aromatic carbocycles. The number of aromatic nitrogens is 3. The fraction of sp³-hybridized carbons (Fsp3) is 0.294. The standard InChI is InChI=1S/C17H16ClFN4/c18-12-9-21-17-11(16(12)13-4-1-5-15(19)22-13)7-14(23-17)10-3-2-6-20-8-10/h1,4-5,7,9-10,20H,2-3,6,8H2,(H,21,23)/t10-/m1/s1. The maximum atomic E-state index is 13.5. The molecule has 0 bridgehead atoms. The number of halogens is 2. The summed E-state index contributed by atoms with van der Waals surface area (Å²) in [5, 5.41) is 4.77. The lowest BCUT2D eigenvalue weighted by molar-refractivity contribution is 0.456. The highest BCUT2D eigenvalue weighted by atomic mass is 35.5. The molecule has 1 fully saturated rings. The Kier molecular flexibility index (Phi) is 3.75. The van der Waals surface area contributed by atoms with Gasteiger partial charge in [0.15, 0.2) is 0 Å². The summed E-state index contributed by atoms with van der Waals surface area (Å²) < 4.78 is 13.5. The van der Waals surface area contributed by atoms with E-state index in [-0.39, 0.29) is 0 Å². The van der Waals surface area contributed by atoms with E-state index < -0.39 is 5.95 Å². The summed E-state index contributed by atoms with van der Waals surface area (Å²) in [6.07, 6.45) is 3.89. The molecule has 4 nitrogen and oxygen atoms in total. The molecule has 2 N–H and O–H groups in total. The molecule has 4 rings (SSSR count). The van der Waals surface area contributed by atoms with Gasteiger partial charge >= 0.3 is 0 Å². The Morgan fingerprint density at radius 3 is 3.00 bits per heavy atom. The number of H-pyrrole nitrogens is 1. The summed E-state index contributed by atoms with van der Waals surface area (Å²) in [5.41, 5.74) is 3.15. The highest BCUT2D eigenvalue weighted by Gasteiger charge is 2.20. The van der Waals surface area contributed by atoms with Crippen LogP contribution in [-0.4, -0.2) is 28.0 Å². The van der Waals surface area contributed by atoms with Gasteiger partial charge in [-0.15, -0.1) is 0 Å². The maximum Gasteiger partial charge on any atom is 0.213 e. The first-order chi connectivity index (χ1) is 11.2. The topological polar surface area (TPSA) is 53.6 Å². The van der Waals surface area contributed by atoms with Gasteiger partial charge in [-0.1, -0.05) is 17.7 Å². The van der Waals surface area contributed by atoms with E-state index in [9.17, 15) is 4.39 Å². The van der Waals surface area contributed by atoms with Crippen LogP contribution in [0.4, 0.5) is 4.39 Å². The zero-order valence-electron chi connectivity index (χ0n) is 12.4. The molecule has 0 radical (unpaired) electrons. The van der Waals surface area contributed by atoms with E-state index in [1.807, 2.05) is 0 Å². The minimum Gasteiger partial charge on any atom is -0.343 e. The Bertz CT molecular complexity index is 855. The Morgan fingerprint density at radius 2 is 2.22 bits per heavy atom. The quantitative estimate of drug-likeness (QED) is 0.701. The molecule has 3 aromatic heterocycles. The number of pyridine rings is 2. The first kappa shape index (κ1) is 14.6. The van der Waals surface area contributed by atoms with Gasteiger partial charge in [0.05, 0.1) is 10.7 Å². The molecule has 6 heteroatoms. The third-order valence-electron chi connectivity index (χ3n) is 4.34. The summed E-state index contributed by atoms with van der Waals surface area (Å²) in [6, 6.07) is 6.80. The second-order valence-electron chi connectivity index (χ2n) is 5.86. The second-order valence-corrected chi connectivity index (χ2v) is 6.26. The minimum atomic E-state index is -0.518. The van der Waals surface area contributed by atoms with Crippen LogP contribution in [0.5, 0.6) is 0 Å². The van der Waals surface area contributed by atoms with Crippen LogP contribution < -0.4 is 5.32 Å². The number of hydrogen-bond donors (Lipinski definition) is 2. The molecule has 1 saturated heterocycles. The van der Waals surface area contributed by atoms with E-state index in [2.05, 4.69) is 26.3 Å². The Labute approximate surface area is 138 Å². The van der Waals surface area contributed by atoms with Gasteiger partial charge in [0, 0.05) is 35.3 Å². The Hall–Kier alpha value is -1.98. The zero-order chi connectivity index (χ0) is 15.8. The molecule has 1 atom stereocenters. The van der Waals surface area contributed by atoms with Gasteiger partial charge < -0.3 is 10.3 Å². The monoisotopic (exact) mass is 330 g/mol. The molecule has 0 saturated carbocycles. The van der Waals surface area contributed by atoms with Crippen LogP contribution in [0.2, 0.25) is 5.02 Å². The van der Waals surface area contributed by atoms with Crippen molar-refractivity contribution in [2.75, 3.05) is 13.1 Å². The average Bonchev–Trinajstić information content (AvgIpc) is 2.99. The largest absolute Gasteiger partial charge is 0.343 e. The lowest BCUT2D eigenvalue weighted by Gasteiger charge is -2.21. The summed E-state index contributed by atoms with van der Waals surface area (Å²) in [5.74, 6) is -0.0826. The smallest absolute Gasteiger partial charge is 0.213 e. The molecular weight excluding hydrogens is 315 g/mol. The SMILES string of the molecule is Fc1cccc(-c2c(Cl)cnc3[nH]c([C@@H]4CCCNC4)cc23)n1. The average molecular weight is 331 g/mol. The van der Waals surface area contributed by atoms with Crippen LogP contribution in [0.3, 0.4) is 0 Å².